The zero-order valence-corrected chi connectivity index (χ0v) is 9.70. The fraction of sp³-hybridized carbons (Fsp3) is 0.600. The Morgan fingerprint density at radius 3 is 2.75 bits per heavy atom. The van der Waals surface area contributed by atoms with Crippen LogP contribution in [0, 0.1) is 12.8 Å². The molecule has 0 aliphatic carbocycles. The first-order chi connectivity index (χ1) is 7.69. The SMILES string of the molecule is Cc1c(NN)ncnc1NCC(C)CCO. The first kappa shape index (κ1) is 12.7. The van der Waals surface area contributed by atoms with Crippen molar-refractivity contribution >= 4 is 11.6 Å². The Morgan fingerprint density at radius 1 is 1.44 bits per heavy atom. The van der Waals surface area contributed by atoms with Crippen molar-refractivity contribution in [2.75, 3.05) is 23.9 Å². The van der Waals surface area contributed by atoms with Gasteiger partial charge in [-0.05, 0) is 19.3 Å². The highest BCUT2D eigenvalue weighted by Gasteiger charge is 2.07. The van der Waals surface area contributed by atoms with Crippen LogP contribution in [0.5, 0.6) is 0 Å². The minimum atomic E-state index is 0.210. The number of aliphatic hydroxyl groups is 1. The summed E-state index contributed by atoms with van der Waals surface area (Å²) in [5, 5.41) is 12.0. The first-order valence-electron chi connectivity index (χ1n) is 5.32. The van der Waals surface area contributed by atoms with Gasteiger partial charge in [0.2, 0.25) is 0 Å². The third kappa shape index (κ3) is 3.32. The highest BCUT2D eigenvalue weighted by molar-refractivity contribution is 5.55. The Labute approximate surface area is 95.3 Å². The monoisotopic (exact) mass is 225 g/mol. The molecule has 0 bridgehead atoms. The van der Waals surface area contributed by atoms with E-state index >= 15 is 0 Å². The lowest BCUT2D eigenvalue weighted by atomic mass is 10.1. The van der Waals surface area contributed by atoms with Crippen LogP contribution in [-0.4, -0.2) is 28.2 Å². The molecule has 1 aromatic heterocycles. The number of hydrogen-bond acceptors (Lipinski definition) is 6. The molecule has 1 heterocycles. The quantitative estimate of drug-likeness (QED) is 0.416. The molecule has 0 aliphatic heterocycles. The number of nitrogens with one attached hydrogen (secondary N) is 2. The molecular weight excluding hydrogens is 206 g/mol. The van der Waals surface area contributed by atoms with E-state index in [1.54, 1.807) is 0 Å². The third-order valence-corrected chi connectivity index (χ3v) is 2.46. The molecule has 90 valence electrons. The number of nitrogen functional groups attached to an aromatic ring is 1. The molecule has 6 nitrogen and oxygen atoms in total. The lowest BCUT2D eigenvalue weighted by Gasteiger charge is -2.14. The first-order valence-corrected chi connectivity index (χ1v) is 5.32. The van der Waals surface area contributed by atoms with Crippen LogP contribution >= 0.6 is 0 Å². The second kappa shape index (κ2) is 6.24. The molecule has 0 spiro atoms. The van der Waals surface area contributed by atoms with Crippen molar-refractivity contribution in [2.45, 2.75) is 20.3 Å². The summed E-state index contributed by atoms with van der Waals surface area (Å²) in [4.78, 5) is 8.13. The second-order valence-electron chi connectivity index (χ2n) is 3.84. The Bertz CT molecular complexity index is 331. The van der Waals surface area contributed by atoms with E-state index < -0.39 is 0 Å². The van der Waals surface area contributed by atoms with E-state index in [1.807, 2.05) is 6.92 Å². The van der Waals surface area contributed by atoms with Crippen molar-refractivity contribution in [1.82, 2.24) is 9.97 Å². The number of aliphatic hydroxyl groups excluding tert-OH is 1. The number of rotatable bonds is 6. The van der Waals surface area contributed by atoms with Crippen molar-refractivity contribution < 1.29 is 5.11 Å². The van der Waals surface area contributed by atoms with Gasteiger partial charge in [0.1, 0.15) is 18.0 Å². The van der Waals surface area contributed by atoms with Gasteiger partial charge in [0.05, 0.1) is 0 Å². The Hall–Kier alpha value is -1.40. The molecule has 0 aromatic carbocycles. The molecule has 6 heteroatoms. The normalized spacial score (nSPS) is 12.2. The number of nitrogens with two attached hydrogens (primary N) is 1. The number of hydrazine groups is 1. The summed E-state index contributed by atoms with van der Waals surface area (Å²) in [6.45, 7) is 4.94. The smallest absolute Gasteiger partial charge is 0.148 e. The Morgan fingerprint density at radius 2 is 2.12 bits per heavy atom. The molecule has 5 N–H and O–H groups in total. The lowest BCUT2D eigenvalue weighted by Crippen LogP contribution is -2.16. The van der Waals surface area contributed by atoms with Crippen molar-refractivity contribution in [3.8, 4) is 0 Å². The highest BCUT2D eigenvalue weighted by Crippen LogP contribution is 2.17. The fourth-order valence-electron chi connectivity index (χ4n) is 1.37. The largest absolute Gasteiger partial charge is 0.396 e. The zero-order chi connectivity index (χ0) is 12.0. The summed E-state index contributed by atoms with van der Waals surface area (Å²) in [6.07, 6.45) is 2.24. The van der Waals surface area contributed by atoms with E-state index in [9.17, 15) is 0 Å². The lowest BCUT2D eigenvalue weighted by molar-refractivity contribution is 0.266. The average Bonchev–Trinajstić information content (AvgIpc) is 2.28. The molecule has 0 radical (unpaired) electrons. The van der Waals surface area contributed by atoms with Gasteiger partial charge in [-0.3, -0.25) is 0 Å². The van der Waals surface area contributed by atoms with Gasteiger partial charge in [0.25, 0.3) is 0 Å². The van der Waals surface area contributed by atoms with Crippen molar-refractivity contribution in [1.29, 1.82) is 0 Å². The number of anilines is 2. The average molecular weight is 225 g/mol. The standard InChI is InChI=1S/C10H19N5O/c1-7(3-4-16)5-12-9-8(2)10(15-11)14-6-13-9/h6-7,16H,3-5,11H2,1-2H3,(H2,12,13,14,15). The highest BCUT2D eigenvalue weighted by atomic mass is 16.3. The molecule has 0 aliphatic rings. The second-order valence-corrected chi connectivity index (χ2v) is 3.84. The predicted molar refractivity (Wildman–Crippen MR) is 63.9 cm³/mol. The number of nitrogens with zero attached hydrogens (tertiary/aromatic N) is 2. The molecule has 0 fully saturated rings. The molecular formula is C10H19N5O. The zero-order valence-electron chi connectivity index (χ0n) is 9.70. The van der Waals surface area contributed by atoms with Crippen LogP contribution in [0.15, 0.2) is 6.33 Å². The van der Waals surface area contributed by atoms with Gasteiger partial charge < -0.3 is 15.8 Å². The van der Waals surface area contributed by atoms with E-state index in [2.05, 4.69) is 27.6 Å². The summed E-state index contributed by atoms with van der Waals surface area (Å²) in [5.74, 6) is 7.11. The summed E-state index contributed by atoms with van der Waals surface area (Å²) < 4.78 is 0. The maximum absolute atomic E-state index is 8.79. The van der Waals surface area contributed by atoms with Crippen molar-refractivity contribution in [2.24, 2.45) is 11.8 Å². The molecule has 1 rings (SSSR count). The summed E-state index contributed by atoms with van der Waals surface area (Å²) in [5.41, 5.74) is 3.41. The Balaban J connectivity index is 2.60. The molecule has 0 saturated heterocycles. The van der Waals surface area contributed by atoms with Crippen LogP contribution < -0.4 is 16.6 Å². The van der Waals surface area contributed by atoms with Gasteiger partial charge in [-0.25, -0.2) is 15.8 Å². The number of hydrogen-bond donors (Lipinski definition) is 4. The van der Waals surface area contributed by atoms with E-state index in [1.165, 1.54) is 6.33 Å². The van der Waals surface area contributed by atoms with Crippen LogP contribution in [0.25, 0.3) is 0 Å². The van der Waals surface area contributed by atoms with Gasteiger partial charge in [0, 0.05) is 18.7 Å². The predicted octanol–water partition coefficient (Wildman–Crippen LogP) is 0.501. The van der Waals surface area contributed by atoms with Crippen molar-refractivity contribution in [3.63, 3.8) is 0 Å². The minimum Gasteiger partial charge on any atom is -0.396 e. The van der Waals surface area contributed by atoms with Crippen LogP contribution in [-0.2, 0) is 0 Å². The third-order valence-electron chi connectivity index (χ3n) is 2.46. The van der Waals surface area contributed by atoms with Crippen LogP contribution in [0.1, 0.15) is 18.9 Å². The van der Waals surface area contributed by atoms with Crippen molar-refractivity contribution in [3.05, 3.63) is 11.9 Å². The van der Waals surface area contributed by atoms with E-state index in [0.29, 0.717) is 11.7 Å². The Kier molecular flexibility index (Phi) is 4.94. The molecule has 0 saturated carbocycles. The summed E-state index contributed by atoms with van der Waals surface area (Å²) >= 11 is 0. The van der Waals surface area contributed by atoms with Gasteiger partial charge in [-0.2, -0.15) is 0 Å². The molecule has 1 unspecified atom stereocenters. The maximum Gasteiger partial charge on any atom is 0.148 e. The molecule has 1 aromatic rings. The van der Waals surface area contributed by atoms with Crippen LogP contribution in [0.4, 0.5) is 11.6 Å². The molecule has 16 heavy (non-hydrogen) atoms. The summed E-state index contributed by atoms with van der Waals surface area (Å²) in [6, 6.07) is 0. The van der Waals surface area contributed by atoms with Crippen LogP contribution in [0.3, 0.4) is 0 Å². The fourth-order valence-corrected chi connectivity index (χ4v) is 1.37. The van der Waals surface area contributed by atoms with Crippen LogP contribution in [0.2, 0.25) is 0 Å². The molecule has 0 amide bonds. The minimum absolute atomic E-state index is 0.210. The topological polar surface area (TPSA) is 96.1 Å². The van der Waals surface area contributed by atoms with Gasteiger partial charge >= 0.3 is 0 Å². The van der Waals surface area contributed by atoms with E-state index in [-0.39, 0.29) is 6.61 Å². The van der Waals surface area contributed by atoms with Gasteiger partial charge in [-0.1, -0.05) is 6.92 Å². The maximum atomic E-state index is 8.79. The van der Waals surface area contributed by atoms with Gasteiger partial charge in [-0.15, -0.1) is 0 Å². The van der Waals surface area contributed by atoms with Gasteiger partial charge in [0.15, 0.2) is 0 Å². The van der Waals surface area contributed by atoms with E-state index in [0.717, 1.165) is 24.3 Å². The number of aromatic nitrogens is 2. The summed E-state index contributed by atoms with van der Waals surface area (Å²) in [7, 11) is 0. The van der Waals surface area contributed by atoms with E-state index in [4.69, 9.17) is 10.9 Å². The molecule has 1 atom stereocenters.